The first-order valence-electron chi connectivity index (χ1n) is 8.44. The number of amides is 1. The lowest BCUT2D eigenvalue weighted by Crippen LogP contribution is -2.26. The summed E-state index contributed by atoms with van der Waals surface area (Å²) in [6.07, 6.45) is 1.00. The summed E-state index contributed by atoms with van der Waals surface area (Å²) in [5.74, 6) is 3.94. The van der Waals surface area contributed by atoms with Crippen LogP contribution >= 0.6 is 11.8 Å². The van der Waals surface area contributed by atoms with E-state index in [1.54, 1.807) is 18.9 Å². The molecule has 136 valence electrons. The van der Waals surface area contributed by atoms with Gasteiger partial charge in [-0.1, -0.05) is 13.8 Å². The Morgan fingerprint density at radius 3 is 2.68 bits per heavy atom. The van der Waals surface area contributed by atoms with Crippen molar-refractivity contribution in [1.82, 2.24) is 10.3 Å². The van der Waals surface area contributed by atoms with Crippen molar-refractivity contribution in [2.24, 2.45) is 5.92 Å². The molecule has 1 amide bonds. The third kappa shape index (κ3) is 6.12. The van der Waals surface area contributed by atoms with E-state index in [1.165, 1.54) is 0 Å². The first-order chi connectivity index (χ1) is 12.0. The fraction of sp³-hybridized carbons (Fsp3) is 0.474. The predicted octanol–water partition coefficient (Wildman–Crippen LogP) is 4.05. The smallest absolute Gasteiger partial charge is 0.230 e. The first kappa shape index (κ1) is 19.4. The van der Waals surface area contributed by atoms with Crippen LogP contribution in [0.1, 0.15) is 31.7 Å². The number of hydrogen-bond donors (Lipinski definition) is 1. The van der Waals surface area contributed by atoms with Gasteiger partial charge in [0.25, 0.3) is 0 Å². The second-order valence-corrected chi connectivity index (χ2v) is 7.26. The quantitative estimate of drug-likeness (QED) is 0.729. The number of thioether (sulfide) groups is 1. The maximum Gasteiger partial charge on any atom is 0.230 e. The minimum atomic E-state index is 0.0715. The van der Waals surface area contributed by atoms with Crippen molar-refractivity contribution in [3.05, 3.63) is 35.7 Å². The van der Waals surface area contributed by atoms with Gasteiger partial charge in [-0.2, -0.15) is 0 Å². The number of hydrogen-bond acceptors (Lipinski definition) is 5. The molecule has 0 bridgehead atoms. The molecule has 0 aliphatic heterocycles. The van der Waals surface area contributed by atoms with Gasteiger partial charge in [-0.15, -0.1) is 11.8 Å². The number of carbonyl (C=O) groups excluding carboxylic acids is 1. The Morgan fingerprint density at radius 1 is 1.32 bits per heavy atom. The number of rotatable bonds is 9. The van der Waals surface area contributed by atoms with Crippen LogP contribution in [0.3, 0.4) is 0 Å². The number of ether oxygens (including phenoxy) is 1. The van der Waals surface area contributed by atoms with Gasteiger partial charge in [0.1, 0.15) is 11.5 Å². The normalized spacial score (nSPS) is 10.9. The van der Waals surface area contributed by atoms with Gasteiger partial charge < -0.3 is 14.5 Å². The molecule has 1 heterocycles. The second-order valence-electron chi connectivity index (χ2n) is 6.28. The van der Waals surface area contributed by atoms with Crippen molar-refractivity contribution in [1.29, 1.82) is 0 Å². The molecule has 6 heteroatoms. The van der Waals surface area contributed by atoms with Crippen LogP contribution in [0.5, 0.6) is 5.75 Å². The lowest BCUT2D eigenvalue weighted by molar-refractivity contribution is -0.118. The molecule has 0 aliphatic rings. The molecule has 0 atom stereocenters. The van der Waals surface area contributed by atoms with E-state index in [2.05, 4.69) is 24.1 Å². The highest BCUT2D eigenvalue weighted by molar-refractivity contribution is 7.99. The van der Waals surface area contributed by atoms with Gasteiger partial charge in [0, 0.05) is 17.9 Å². The summed E-state index contributed by atoms with van der Waals surface area (Å²) >= 11 is 1.55. The third-order valence-corrected chi connectivity index (χ3v) is 4.69. The van der Waals surface area contributed by atoms with Gasteiger partial charge in [0.15, 0.2) is 0 Å². The molecule has 5 nitrogen and oxygen atoms in total. The molecule has 2 rings (SSSR count). The average molecular weight is 362 g/mol. The van der Waals surface area contributed by atoms with Crippen LogP contribution in [0.2, 0.25) is 0 Å². The molecule has 1 aromatic carbocycles. The Balaban J connectivity index is 1.84. The number of aromatic nitrogens is 1. The van der Waals surface area contributed by atoms with Crippen LogP contribution in [0.4, 0.5) is 0 Å². The van der Waals surface area contributed by atoms with Crippen LogP contribution in [0.15, 0.2) is 28.7 Å². The van der Waals surface area contributed by atoms with Crippen LogP contribution in [-0.2, 0) is 10.5 Å². The van der Waals surface area contributed by atoms with E-state index in [0.29, 0.717) is 23.3 Å². The van der Waals surface area contributed by atoms with Crippen molar-refractivity contribution in [3.63, 3.8) is 0 Å². The lowest BCUT2D eigenvalue weighted by atomic mass is 10.1. The van der Waals surface area contributed by atoms with E-state index in [0.717, 1.165) is 35.7 Å². The fourth-order valence-electron chi connectivity index (χ4n) is 2.21. The molecule has 0 radical (unpaired) electrons. The molecule has 0 spiro atoms. The van der Waals surface area contributed by atoms with Gasteiger partial charge >= 0.3 is 0 Å². The Labute approximate surface area is 153 Å². The van der Waals surface area contributed by atoms with Gasteiger partial charge in [-0.25, -0.2) is 4.98 Å². The lowest BCUT2D eigenvalue weighted by Gasteiger charge is -2.06. The zero-order chi connectivity index (χ0) is 18.2. The third-order valence-electron chi connectivity index (χ3n) is 3.75. The Hall–Kier alpha value is -1.95. The predicted molar refractivity (Wildman–Crippen MR) is 102 cm³/mol. The molecular formula is C19H26N2O3S. The van der Waals surface area contributed by atoms with E-state index in [9.17, 15) is 4.79 Å². The first-order valence-corrected chi connectivity index (χ1v) is 9.60. The molecule has 0 aliphatic carbocycles. The molecule has 2 aromatic rings. The summed E-state index contributed by atoms with van der Waals surface area (Å²) in [5.41, 5.74) is 1.79. The summed E-state index contributed by atoms with van der Waals surface area (Å²) in [6.45, 7) is 6.93. The Kier molecular flexibility index (Phi) is 7.37. The highest BCUT2D eigenvalue weighted by atomic mass is 32.2. The van der Waals surface area contributed by atoms with E-state index in [1.807, 2.05) is 31.2 Å². The maximum absolute atomic E-state index is 11.8. The monoisotopic (exact) mass is 362 g/mol. The minimum Gasteiger partial charge on any atom is -0.497 e. The number of oxazole rings is 1. The van der Waals surface area contributed by atoms with Crippen molar-refractivity contribution < 1.29 is 13.9 Å². The van der Waals surface area contributed by atoms with Crippen molar-refractivity contribution in [2.75, 3.05) is 19.4 Å². The fourth-order valence-corrected chi connectivity index (χ4v) is 3.06. The summed E-state index contributed by atoms with van der Waals surface area (Å²) < 4.78 is 10.9. The van der Waals surface area contributed by atoms with E-state index >= 15 is 0 Å². The molecule has 1 N–H and O–H groups in total. The summed E-state index contributed by atoms with van der Waals surface area (Å²) in [4.78, 5) is 16.4. The molecule has 0 unspecified atom stereocenters. The SMILES string of the molecule is COc1ccc(-c2nc(CSCC(=O)NCCC(C)C)c(C)o2)cc1. The Bertz CT molecular complexity index is 680. The highest BCUT2D eigenvalue weighted by Crippen LogP contribution is 2.25. The molecular weight excluding hydrogens is 336 g/mol. The molecule has 0 saturated carbocycles. The van der Waals surface area contributed by atoms with Gasteiger partial charge in [-0.05, 0) is 43.5 Å². The van der Waals surface area contributed by atoms with Crippen LogP contribution in [-0.4, -0.2) is 30.3 Å². The minimum absolute atomic E-state index is 0.0715. The Morgan fingerprint density at radius 2 is 2.04 bits per heavy atom. The number of nitrogens with one attached hydrogen (secondary N) is 1. The van der Waals surface area contributed by atoms with Gasteiger partial charge in [0.2, 0.25) is 11.8 Å². The number of benzene rings is 1. The molecule has 0 fully saturated rings. The van der Waals surface area contributed by atoms with Crippen molar-refractivity contribution in [3.8, 4) is 17.2 Å². The zero-order valence-electron chi connectivity index (χ0n) is 15.3. The number of methoxy groups -OCH3 is 1. The summed E-state index contributed by atoms with van der Waals surface area (Å²) in [7, 11) is 1.64. The largest absolute Gasteiger partial charge is 0.497 e. The highest BCUT2D eigenvalue weighted by Gasteiger charge is 2.12. The molecule has 0 saturated heterocycles. The van der Waals surface area contributed by atoms with Crippen LogP contribution < -0.4 is 10.1 Å². The molecule has 1 aromatic heterocycles. The van der Waals surface area contributed by atoms with Crippen LogP contribution in [0, 0.1) is 12.8 Å². The van der Waals surface area contributed by atoms with Gasteiger partial charge in [-0.3, -0.25) is 4.79 Å². The van der Waals surface area contributed by atoms with E-state index in [4.69, 9.17) is 9.15 Å². The maximum atomic E-state index is 11.8. The number of carbonyl (C=O) groups is 1. The van der Waals surface area contributed by atoms with E-state index in [-0.39, 0.29) is 5.91 Å². The zero-order valence-corrected chi connectivity index (χ0v) is 16.1. The van der Waals surface area contributed by atoms with Gasteiger partial charge in [0.05, 0.1) is 18.6 Å². The van der Waals surface area contributed by atoms with Crippen molar-refractivity contribution >= 4 is 17.7 Å². The molecule has 25 heavy (non-hydrogen) atoms. The van der Waals surface area contributed by atoms with E-state index < -0.39 is 0 Å². The van der Waals surface area contributed by atoms with Crippen LogP contribution in [0.25, 0.3) is 11.5 Å². The topological polar surface area (TPSA) is 64.4 Å². The standard InChI is InChI=1S/C19H26N2O3S/c1-13(2)9-10-20-18(22)12-25-11-17-14(3)24-19(21-17)15-5-7-16(23-4)8-6-15/h5-8,13H,9-12H2,1-4H3,(H,20,22). The number of nitrogens with zero attached hydrogens (tertiary/aromatic N) is 1. The number of aryl methyl sites for hydroxylation is 1. The average Bonchev–Trinajstić information content (AvgIpc) is 2.95. The van der Waals surface area contributed by atoms with Crippen molar-refractivity contribution in [2.45, 2.75) is 32.9 Å². The summed E-state index contributed by atoms with van der Waals surface area (Å²) in [5, 5.41) is 2.94. The second kappa shape index (κ2) is 9.51. The summed E-state index contributed by atoms with van der Waals surface area (Å²) in [6, 6.07) is 7.60.